The van der Waals surface area contributed by atoms with Gasteiger partial charge in [-0.05, 0) is 19.1 Å². The largest absolute Gasteiger partial charge is 0.449 e. The summed E-state index contributed by atoms with van der Waals surface area (Å²) < 4.78 is 32.5. The Kier molecular flexibility index (Phi) is 8.43. The topological polar surface area (TPSA) is 55.1 Å². The Hall–Kier alpha value is -1.27. The van der Waals surface area contributed by atoms with Crippen LogP contribution in [0.4, 0.5) is 18.9 Å². The van der Waals surface area contributed by atoms with Crippen molar-refractivity contribution < 1.29 is 18.0 Å². The highest BCUT2D eigenvalue weighted by Crippen LogP contribution is 2.14. The lowest BCUT2D eigenvalue weighted by Crippen LogP contribution is -2.18. The van der Waals surface area contributed by atoms with E-state index in [0.29, 0.717) is 6.92 Å². The quantitative estimate of drug-likeness (QED) is 0.609. The van der Waals surface area contributed by atoms with Crippen molar-refractivity contribution in [3.63, 3.8) is 0 Å². The smallest absolute Gasteiger partial charge is 0.324 e. The molecule has 0 aliphatic rings. The summed E-state index contributed by atoms with van der Waals surface area (Å²) in [5.74, 6) is 3.39. The van der Waals surface area contributed by atoms with Crippen molar-refractivity contribution in [1.82, 2.24) is 0 Å². The summed E-state index contributed by atoms with van der Waals surface area (Å²) in [6.45, 7) is 2.53. The fraction of sp³-hybridized carbons (Fsp3) is 0.300. The Bertz CT molecular complexity index is 338. The van der Waals surface area contributed by atoms with E-state index in [1.54, 1.807) is 0 Å². The number of nitrogens with one attached hydrogen (secondary N) is 1. The van der Waals surface area contributed by atoms with Gasteiger partial charge in [0.15, 0.2) is 0 Å². The minimum absolute atomic E-state index is 0. The number of anilines is 1. The zero-order valence-electron chi connectivity index (χ0n) is 9.34. The fourth-order valence-corrected chi connectivity index (χ4v) is 0.650. The zero-order valence-corrected chi connectivity index (χ0v) is 10.2. The normalized spacial score (nSPS) is 9.53. The van der Waals surface area contributed by atoms with E-state index >= 15 is 0 Å². The molecular formula is C10H14ClF3N2O. The number of carbonyl (C=O) groups is 1. The second-order valence-corrected chi connectivity index (χ2v) is 3.06. The molecule has 0 aromatic heterocycles. The maximum absolute atomic E-state index is 10.8. The van der Waals surface area contributed by atoms with Crippen molar-refractivity contribution in [3.8, 4) is 0 Å². The lowest BCUT2D eigenvalue weighted by atomic mass is 10.2. The van der Waals surface area contributed by atoms with Gasteiger partial charge in [0.2, 0.25) is 5.78 Å². The van der Waals surface area contributed by atoms with Crippen molar-refractivity contribution in [3.05, 3.63) is 29.8 Å². The second kappa shape index (κ2) is 7.92. The highest BCUT2D eigenvalue weighted by molar-refractivity contribution is 5.85. The third kappa shape index (κ3) is 8.53. The molecule has 0 bridgehead atoms. The first-order valence-electron chi connectivity index (χ1n) is 4.38. The van der Waals surface area contributed by atoms with Gasteiger partial charge in [0.05, 0.1) is 0 Å². The van der Waals surface area contributed by atoms with Gasteiger partial charge in [0.25, 0.3) is 0 Å². The number of nitrogen functional groups attached to an aromatic ring is 1. The Morgan fingerprint density at radius 3 is 1.82 bits per heavy atom. The molecule has 0 saturated heterocycles. The Morgan fingerprint density at radius 1 is 1.24 bits per heavy atom. The van der Waals surface area contributed by atoms with Crippen LogP contribution < -0.4 is 11.3 Å². The van der Waals surface area contributed by atoms with Gasteiger partial charge in [-0.3, -0.25) is 10.6 Å². The highest BCUT2D eigenvalue weighted by Gasteiger charge is 2.33. The van der Waals surface area contributed by atoms with Crippen molar-refractivity contribution in [2.24, 2.45) is 5.84 Å². The fourth-order valence-electron chi connectivity index (χ4n) is 0.650. The van der Waals surface area contributed by atoms with Gasteiger partial charge in [0, 0.05) is 12.6 Å². The number of hydrogen-bond donors (Lipinski definition) is 2. The van der Waals surface area contributed by atoms with Gasteiger partial charge in [-0.1, -0.05) is 17.7 Å². The molecule has 0 aliphatic carbocycles. The maximum Gasteiger partial charge on any atom is 0.449 e. The maximum atomic E-state index is 10.8. The van der Waals surface area contributed by atoms with E-state index < -0.39 is 12.0 Å². The number of rotatable bonds is 1. The van der Waals surface area contributed by atoms with E-state index in [0.717, 1.165) is 5.69 Å². The number of ketones is 1. The lowest BCUT2D eigenvalue weighted by molar-refractivity contribution is -0.168. The minimum atomic E-state index is -4.64. The summed E-state index contributed by atoms with van der Waals surface area (Å²) in [6, 6.07) is 7.90. The van der Waals surface area contributed by atoms with Crippen LogP contribution in [0.3, 0.4) is 0 Å². The first-order valence-corrected chi connectivity index (χ1v) is 4.38. The molecule has 7 heteroatoms. The number of aryl methyl sites for hydroxylation is 1. The van der Waals surface area contributed by atoms with Gasteiger partial charge in [-0.2, -0.15) is 13.2 Å². The lowest BCUT2D eigenvalue weighted by Gasteiger charge is -1.97. The molecule has 0 unspecified atom stereocenters. The molecule has 0 amide bonds. The molecule has 98 valence electrons. The molecule has 0 aliphatic heterocycles. The molecule has 0 radical (unpaired) electrons. The Balaban J connectivity index is 0. The first kappa shape index (κ1) is 18.1. The molecule has 0 spiro atoms. The van der Waals surface area contributed by atoms with E-state index in [-0.39, 0.29) is 12.4 Å². The van der Waals surface area contributed by atoms with Gasteiger partial charge in [-0.15, -0.1) is 12.4 Å². The first-order chi connectivity index (χ1) is 7.27. The van der Waals surface area contributed by atoms with Crippen LogP contribution in [0.2, 0.25) is 0 Å². The second-order valence-electron chi connectivity index (χ2n) is 3.06. The third-order valence-electron chi connectivity index (χ3n) is 1.62. The van der Waals surface area contributed by atoms with E-state index in [2.05, 4.69) is 5.43 Å². The van der Waals surface area contributed by atoms with Crippen molar-refractivity contribution in [2.75, 3.05) is 5.43 Å². The molecule has 3 N–H and O–H groups in total. The van der Waals surface area contributed by atoms with Crippen LogP contribution >= 0.6 is 12.4 Å². The molecule has 1 aromatic rings. The number of alkyl halides is 3. The van der Waals surface area contributed by atoms with Crippen molar-refractivity contribution in [2.45, 2.75) is 20.0 Å². The van der Waals surface area contributed by atoms with Crippen molar-refractivity contribution in [1.29, 1.82) is 0 Å². The van der Waals surface area contributed by atoms with Crippen LogP contribution in [0.1, 0.15) is 12.5 Å². The average Bonchev–Trinajstić information content (AvgIpc) is 2.18. The van der Waals surface area contributed by atoms with Gasteiger partial charge < -0.3 is 5.43 Å². The molecule has 3 nitrogen and oxygen atoms in total. The number of nitrogens with two attached hydrogens (primary N) is 1. The number of Topliss-reactive ketones (excluding diaryl/α,β-unsaturated/α-hetero) is 1. The molecule has 0 atom stereocenters. The van der Waals surface area contributed by atoms with E-state index in [4.69, 9.17) is 5.84 Å². The van der Waals surface area contributed by atoms with Crippen LogP contribution in [0.5, 0.6) is 0 Å². The van der Waals surface area contributed by atoms with Crippen LogP contribution in [-0.2, 0) is 4.79 Å². The summed E-state index contributed by atoms with van der Waals surface area (Å²) in [4.78, 5) is 9.34. The van der Waals surface area contributed by atoms with Gasteiger partial charge in [-0.25, -0.2) is 0 Å². The zero-order chi connectivity index (χ0) is 12.8. The molecule has 0 heterocycles. The van der Waals surface area contributed by atoms with E-state index in [1.165, 1.54) is 5.56 Å². The van der Waals surface area contributed by atoms with Crippen LogP contribution in [-0.4, -0.2) is 12.0 Å². The predicted molar refractivity (Wildman–Crippen MR) is 63.0 cm³/mol. The number of hydrazine groups is 1. The van der Waals surface area contributed by atoms with Crippen molar-refractivity contribution >= 4 is 23.9 Å². The molecular weight excluding hydrogens is 257 g/mol. The summed E-state index contributed by atoms with van der Waals surface area (Å²) in [5, 5.41) is 0. The van der Waals surface area contributed by atoms with Gasteiger partial charge >= 0.3 is 6.18 Å². The summed E-state index contributed by atoms with van der Waals surface area (Å²) in [7, 11) is 0. The summed E-state index contributed by atoms with van der Waals surface area (Å²) in [5.41, 5.74) is 4.74. The predicted octanol–water partition coefficient (Wildman–Crippen LogP) is 2.84. The number of carbonyl (C=O) groups excluding carboxylic acids is 1. The molecule has 0 fully saturated rings. The third-order valence-corrected chi connectivity index (χ3v) is 1.62. The SMILES string of the molecule is CC(=O)C(F)(F)F.Cc1ccc(NN)cc1.Cl. The average molecular weight is 271 g/mol. The Labute approximate surface area is 104 Å². The molecule has 0 saturated carbocycles. The van der Waals surface area contributed by atoms with E-state index in [1.807, 2.05) is 31.2 Å². The molecule has 1 rings (SSSR count). The monoisotopic (exact) mass is 270 g/mol. The Morgan fingerprint density at radius 2 is 1.59 bits per heavy atom. The van der Waals surface area contributed by atoms with Crippen LogP contribution in [0.15, 0.2) is 24.3 Å². The standard InChI is InChI=1S/C7H10N2.C3H3F3O.ClH/c1-6-2-4-7(9-8)5-3-6;1-2(7)3(4,5)6;/h2-5,9H,8H2,1H3;1H3;1H. The summed E-state index contributed by atoms with van der Waals surface area (Å²) >= 11 is 0. The molecule has 17 heavy (non-hydrogen) atoms. The van der Waals surface area contributed by atoms with Crippen LogP contribution in [0.25, 0.3) is 0 Å². The minimum Gasteiger partial charge on any atom is -0.324 e. The number of halogens is 4. The highest BCUT2D eigenvalue weighted by atomic mass is 35.5. The molecule has 1 aromatic carbocycles. The number of hydrogen-bond acceptors (Lipinski definition) is 3. The van der Waals surface area contributed by atoms with E-state index in [9.17, 15) is 18.0 Å². The van der Waals surface area contributed by atoms with Crippen LogP contribution in [0, 0.1) is 6.92 Å². The summed E-state index contributed by atoms with van der Waals surface area (Å²) in [6.07, 6.45) is -4.64. The number of benzene rings is 1. The van der Waals surface area contributed by atoms with Gasteiger partial charge in [0.1, 0.15) is 0 Å².